The van der Waals surface area contributed by atoms with Crippen LogP contribution in [0.15, 0.2) is 54.7 Å². The van der Waals surface area contributed by atoms with E-state index in [0.717, 1.165) is 12.1 Å². The van der Waals surface area contributed by atoms with E-state index in [4.69, 9.17) is 0 Å². The SMILES string of the molecule is O=C(N/C=C/c1ccc([N+](=O)[O-])cc1[N+](=O)[O-])c1ccccc1. The molecule has 2 rings (SSSR count). The Morgan fingerprint density at radius 3 is 2.30 bits per heavy atom. The van der Waals surface area contributed by atoms with Crippen LogP contribution in [-0.4, -0.2) is 15.8 Å². The Bertz CT molecular complexity index is 787. The lowest BCUT2D eigenvalue weighted by Crippen LogP contribution is -2.16. The molecule has 0 bridgehead atoms. The molecular weight excluding hydrogens is 302 g/mol. The van der Waals surface area contributed by atoms with Gasteiger partial charge in [0.2, 0.25) is 0 Å². The van der Waals surface area contributed by atoms with Gasteiger partial charge in [0, 0.05) is 17.8 Å². The van der Waals surface area contributed by atoms with Crippen LogP contribution in [0.5, 0.6) is 0 Å². The van der Waals surface area contributed by atoms with Crippen LogP contribution in [-0.2, 0) is 0 Å². The lowest BCUT2D eigenvalue weighted by atomic mass is 10.1. The highest BCUT2D eigenvalue weighted by Crippen LogP contribution is 2.25. The lowest BCUT2D eigenvalue weighted by molar-refractivity contribution is -0.394. The van der Waals surface area contributed by atoms with Crippen LogP contribution >= 0.6 is 0 Å². The predicted molar refractivity (Wildman–Crippen MR) is 82.7 cm³/mol. The van der Waals surface area contributed by atoms with Crippen LogP contribution in [0.25, 0.3) is 6.08 Å². The number of benzene rings is 2. The maximum absolute atomic E-state index is 11.8. The van der Waals surface area contributed by atoms with Crippen LogP contribution in [0.2, 0.25) is 0 Å². The molecule has 0 aliphatic rings. The minimum atomic E-state index is -0.717. The van der Waals surface area contributed by atoms with Crippen LogP contribution < -0.4 is 5.32 Å². The highest BCUT2D eigenvalue weighted by molar-refractivity contribution is 5.95. The Morgan fingerprint density at radius 2 is 1.70 bits per heavy atom. The second-order valence-electron chi connectivity index (χ2n) is 4.43. The largest absolute Gasteiger partial charge is 0.329 e. The number of non-ortho nitro benzene ring substituents is 1. The van der Waals surface area contributed by atoms with Crippen molar-refractivity contribution in [2.24, 2.45) is 0 Å². The summed E-state index contributed by atoms with van der Waals surface area (Å²) in [6.45, 7) is 0. The number of amides is 1. The third kappa shape index (κ3) is 3.97. The van der Waals surface area contributed by atoms with E-state index >= 15 is 0 Å². The fraction of sp³-hybridized carbons (Fsp3) is 0. The van der Waals surface area contributed by atoms with Gasteiger partial charge in [-0.15, -0.1) is 0 Å². The highest BCUT2D eigenvalue weighted by Gasteiger charge is 2.17. The number of nitro benzene ring substituents is 2. The Labute approximate surface area is 130 Å². The molecule has 0 radical (unpaired) electrons. The van der Waals surface area contributed by atoms with E-state index in [0.29, 0.717) is 5.56 Å². The molecule has 2 aromatic rings. The fourth-order valence-corrected chi connectivity index (χ4v) is 1.82. The summed E-state index contributed by atoms with van der Waals surface area (Å²) >= 11 is 0. The zero-order valence-corrected chi connectivity index (χ0v) is 11.7. The number of hydrogen-bond acceptors (Lipinski definition) is 5. The summed E-state index contributed by atoms with van der Waals surface area (Å²) in [4.78, 5) is 32.0. The van der Waals surface area contributed by atoms with Crippen molar-refractivity contribution in [2.45, 2.75) is 0 Å². The third-order valence-corrected chi connectivity index (χ3v) is 2.93. The molecule has 0 fully saturated rings. The van der Waals surface area contributed by atoms with Crippen molar-refractivity contribution in [3.05, 3.63) is 86.1 Å². The molecule has 23 heavy (non-hydrogen) atoms. The number of rotatable bonds is 5. The van der Waals surface area contributed by atoms with Gasteiger partial charge in [-0.3, -0.25) is 25.0 Å². The van der Waals surface area contributed by atoms with Crippen molar-refractivity contribution in [3.63, 3.8) is 0 Å². The van der Waals surface area contributed by atoms with Crippen molar-refractivity contribution in [3.8, 4) is 0 Å². The first-order chi connectivity index (χ1) is 11.0. The Hall–Kier alpha value is -3.55. The Balaban J connectivity index is 2.17. The van der Waals surface area contributed by atoms with Gasteiger partial charge < -0.3 is 5.32 Å². The van der Waals surface area contributed by atoms with Crippen molar-refractivity contribution in [1.82, 2.24) is 5.32 Å². The number of nitrogens with one attached hydrogen (secondary N) is 1. The smallest absolute Gasteiger partial charge is 0.283 e. The van der Waals surface area contributed by atoms with Gasteiger partial charge in [-0.1, -0.05) is 18.2 Å². The van der Waals surface area contributed by atoms with E-state index in [9.17, 15) is 25.0 Å². The molecule has 8 nitrogen and oxygen atoms in total. The minimum Gasteiger partial charge on any atom is -0.329 e. The minimum absolute atomic E-state index is 0.147. The summed E-state index contributed by atoms with van der Waals surface area (Å²) in [5, 5.41) is 24.1. The van der Waals surface area contributed by atoms with E-state index in [1.807, 2.05) is 0 Å². The highest BCUT2D eigenvalue weighted by atomic mass is 16.6. The molecule has 1 N–H and O–H groups in total. The average molecular weight is 313 g/mol. The van der Waals surface area contributed by atoms with Crippen molar-refractivity contribution in [1.29, 1.82) is 0 Å². The van der Waals surface area contributed by atoms with Crippen LogP contribution in [0, 0.1) is 20.2 Å². The first-order valence-electron chi connectivity index (χ1n) is 6.44. The van der Waals surface area contributed by atoms with Crippen LogP contribution in [0.1, 0.15) is 15.9 Å². The maximum Gasteiger partial charge on any atom is 0.283 e. The number of carbonyl (C=O) groups excluding carboxylic acids is 1. The zero-order chi connectivity index (χ0) is 16.8. The monoisotopic (exact) mass is 313 g/mol. The summed E-state index contributed by atoms with van der Waals surface area (Å²) in [5.74, 6) is -0.369. The molecule has 0 aliphatic heterocycles. The zero-order valence-electron chi connectivity index (χ0n) is 11.7. The number of nitro groups is 2. The van der Waals surface area contributed by atoms with E-state index in [2.05, 4.69) is 5.32 Å². The number of hydrogen-bond donors (Lipinski definition) is 1. The van der Waals surface area contributed by atoms with Gasteiger partial charge in [0.15, 0.2) is 0 Å². The molecule has 0 atom stereocenters. The molecule has 0 heterocycles. The first kappa shape index (κ1) is 15.8. The van der Waals surface area contributed by atoms with Gasteiger partial charge in [-0.2, -0.15) is 0 Å². The second kappa shape index (κ2) is 6.94. The topological polar surface area (TPSA) is 115 Å². The molecule has 0 spiro atoms. The molecule has 2 aromatic carbocycles. The van der Waals surface area contributed by atoms with Gasteiger partial charge in [0.1, 0.15) is 0 Å². The van der Waals surface area contributed by atoms with Gasteiger partial charge in [-0.25, -0.2) is 0 Å². The van der Waals surface area contributed by atoms with Gasteiger partial charge >= 0.3 is 0 Å². The van der Waals surface area contributed by atoms with Gasteiger partial charge in [0.25, 0.3) is 17.3 Å². The van der Waals surface area contributed by atoms with Crippen molar-refractivity contribution < 1.29 is 14.6 Å². The molecule has 0 unspecified atom stereocenters. The second-order valence-corrected chi connectivity index (χ2v) is 4.43. The number of carbonyl (C=O) groups is 1. The molecule has 0 aliphatic carbocycles. The van der Waals surface area contributed by atoms with E-state index in [1.165, 1.54) is 18.3 Å². The number of nitrogens with zero attached hydrogens (tertiary/aromatic N) is 2. The normalized spacial score (nSPS) is 10.4. The summed E-state index contributed by atoms with van der Waals surface area (Å²) in [5.41, 5.74) is -0.198. The van der Waals surface area contributed by atoms with E-state index in [-0.39, 0.29) is 17.2 Å². The summed E-state index contributed by atoms with van der Waals surface area (Å²) in [7, 11) is 0. The molecule has 0 saturated carbocycles. The van der Waals surface area contributed by atoms with Crippen LogP contribution in [0.3, 0.4) is 0 Å². The lowest BCUT2D eigenvalue weighted by Gasteiger charge is -2.00. The fourth-order valence-electron chi connectivity index (χ4n) is 1.82. The summed E-state index contributed by atoms with van der Waals surface area (Å²) < 4.78 is 0. The van der Waals surface area contributed by atoms with Crippen molar-refractivity contribution >= 4 is 23.4 Å². The Morgan fingerprint density at radius 1 is 1.00 bits per heavy atom. The van der Waals surface area contributed by atoms with Gasteiger partial charge in [0.05, 0.1) is 21.5 Å². The molecule has 0 saturated heterocycles. The van der Waals surface area contributed by atoms with Crippen LogP contribution in [0.4, 0.5) is 11.4 Å². The molecule has 116 valence electrons. The standard InChI is InChI=1S/C15H11N3O5/c19-15(12-4-2-1-3-5-12)16-9-8-11-6-7-13(17(20)21)10-14(11)18(22)23/h1-10H,(H,16,19)/b9-8+. The maximum atomic E-state index is 11.8. The third-order valence-electron chi connectivity index (χ3n) is 2.93. The quantitative estimate of drug-likeness (QED) is 0.673. The Kier molecular flexibility index (Phi) is 4.78. The molecular formula is C15H11N3O5. The average Bonchev–Trinajstić information content (AvgIpc) is 2.55. The predicted octanol–water partition coefficient (Wildman–Crippen LogP) is 2.90. The molecule has 0 aromatic heterocycles. The summed E-state index contributed by atoms with van der Waals surface area (Å²) in [6, 6.07) is 11.7. The molecule has 8 heteroatoms. The van der Waals surface area contributed by atoms with Crippen molar-refractivity contribution in [2.75, 3.05) is 0 Å². The van der Waals surface area contributed by atoms with E-state index in [1.54, 1.807) is 30.3 Å². The van der Waals surface area contributed by atoms with Gasteiger partial charge in [-0.05, 0) is 24.3 Å². The van der Waals surface area contributed by atoms with E-state index < -0.39 is 15.5 Å². The molecule has 1 amide bonds. The summed E-state index contributed by atoms with van der Waals surface area (Å²) in [6.07, 6.45) is 2.56. The first-order valence-corrected chi connectivity index (χ1v) is 6.44.